The van der Waals surface area contributed by atoms with Crippen LogP contribution in [0.1, 0.15) is 13.8 Å². The van der Waals surface area contributed by atoms with E-state index in [1.165, 1.54) is 11.4 Å². The van der Waals surface area contributed by atoms with Crippen LogP contribution in [0.15, 0.2) is 24.3 Å². The van der Waals surface area contributed by atoms with E-state index >= 15 is 0 Å². The molecule has 70 valence electrons. The first-order valence-corrected chi connectivity index (χ1v) is 4.77. The van der Waals surface area contributed by atoms with Crippen LogP contribution in [0.2, 0.25) is 0 Å². The second-order valence-corrected chi connectivity index (χ2v) is 3.89. The van der Waals surface area contributed by atoms with Crippen LogP contribution in [0.4, 0.5) is 11.4 Å². The van der Waals surface area contributed by atoms with E-state index in [1.807, 2.05) is 0 Å². The van der Waals surface area contributed by atoms with E-state index in [9.17, 15) is 0 Å². The van der Waals surface area contributed by atoms with Crippen LogP contribution < -0.4 is 9.80 Å². The van der Waals surface area contributed by atoms with Gasteiger partial charge in [0, 0.05) is 13.1 Å². The highest BCUT2D eigenvalue weighted by Gasteiger charge is 2.23. The van der Waals surface area contributed by atoms with E-state index in [-0.39, 0.29) is 0 Å². The molecule has 0 radical (unpaired) electrons. The molecule has 0 aliphatic carbocycles. The fourth-order valence-corrected chi connectivity index (χ4v) is 1.85. The van der Waals surface area contributed by atoms with Crippen molar-refractivity contribution in [2.75, 3.05) is 23.5 Å². The molecule has 0 unspecified atom stereocenters. The Morgan fingerprint density at radius 1 is 1.15 bits per heavy atom. The quantitative estimate of drug-likeness (QED) is 0.648. The molecule has 0 spiro atoms. The Morgan fingerprint density at radius 2 is 1.77 bits per heavy atom. The van der Waals surface area contributed by atoms with Crippen molar-refractivity contribution in [1.82, 2.24) is 0 Å². The molecule has 0 fully saturated rings. The van der Waals surface area contributed by atoms with Crippen molar-refractivity contribution in [2.24, 2.45) is 0 Å². The molecule has 1 aliphatic rings. The number of para-hydroxylation sites is 2. The molecular weight excluding hydrogens is 160 g/mol. The lowest BCUT2D eigenvalue weighted by Crippen LogP contribution is -2.33. The second-order valence-electron chi connectivity index (χ2n) is 3.89. The number of hydrogen-bond acceptors (Lipinski definition) is 2. The van der Waals surface area contributed by atoms with Crippen molar-refractivity contribution in [1.29, 1.82) is 0 Å². The van der Waals surface area contributed by atoms with E-state index < -0.39 is 0 Å². The standard InChI is InChI=1S/C11H16N2/c1-9(2)13-8-12(3)10-6-4-5-7-11(10)13/h4-7,9H,8H2,1-3H3. The highest BCUT2D eigenvalue weighted by atomic mass is 15.4. The van der Waals surface area contributed by atoms with Gasteiger partial charge >= 0.3 is 0 Å². The average molecular weight is 176 g/mol. The van der Waals surface area contributed by atoms with Gasteiger partial charge in [-0.05, 0) is 26.0 Å². The smallest absolute Gasteiger partial charge is 0.0903 e. The third-order valence-electron chi connectivity index (χ3n) is 2.59. The Bertz CT molecular complexity index is 307. The van der Waals surface area contributed by atoms with E-state index in [2.05, 4.69) is 55.0 Å². The maximum absolute atomic E-state index is 2.41. The molecule has 0 bridgehead atoms. The van der Waals surface area contributed by atoms with Crippen molar-refractivity contribution in [2.45, 2.75) is 19.9 Å². The Labute approximate surface area is 79.8 Å². The molecule has 1 aromatic rings. The Kier molecular flexibility index (Phi) is 1.91. The molecular formula is C11H16N2. The molecule has 0 amide bonds. The molecule has 0 aromatic heterocycles. The maximum Gasteiger partial charge on any atom is 0.0903 e. The van der Waals surface area contributed by atoms with Crippen LogP contribution >= 0.6 is 0 Å². The Balaban J connectivity index is 2.41. The number of fused-ring (bicyclic) bond motifs is 1. The fourth-order valence-electron chi connectivity index (χ4n) is 1.85. The summed E-state index contributed by atoms with van der Waals surface area (Å²) in [6.45, 7) is 5.48. The van der Waals surface area contributed by atoms with Crippen LogP contribution in [0, 0.1) is 0 Å². The zero-order chi connectivity index (χ0) is 9.42. The third-order valence-corrected chi connectivity index (χ3v) is 2.59. The van der Waals surface area contributed by atoms with Gasteiger partial charge in [0.25, 0.3) is 0 Å². The Morgan fingerprint density at radius 3 is 2.38 bits per heavy atom. The lowest BCUT2D eigenvalue weighted by molar-refractivity contribution is 0.702. The summed E-state index contributed by atoms with van der Waals surface area (Å²) in [5.41, 5.74) is 2.70. The molecule has 2 nitrogen and oxygen atoms in total. The molecule has 0 N–H and O–H groups in total. The van der Waals surface area contributed by atoms with Gasteiger partial charge in [0.2, 0.25) is 0 Å². The summed E-state index contributed by atoms with van der Waals surface area (Å²) < 4.78 is 0. The van der Waals surface area contributed by atoms with Gasteiger partial charge in [-0.3, -0.25) is 0 Å². The number of rotatable bonds is 1. The topological polar surface area (TPSA) is 6.48 Å². The van der Waals surface area contributed by atoms with Crippen molar-refractivity contribution < 1.29 is 0 Å². The number of benzene rings is 1. The van der Waals surface area contributed by atoms with E-state index in [0.29, 0.717) is 6.04 Å². The summed E-state index contributed by atoms with van der Waals surface area (Å²) in [5.74, 6) is 0. The van der Waals surface area contributed by atoms with E-state index in [1.54, 1.807) is 0 Å². The summed E-state index contributed by atoms with van der Waals surface area (Å²) in [5, 5.41) is 0. The predicted octanol–water partition coefficient (Wildman–Crippen LogP) is 2.31. The van der Waals surface area contributed by atoms with E-state index in [0.717, 1.165) is 6.67 Å². The van der Waals surface area contributed by atoms with Gasteiger partial charge in [-0.15, -0.1) is 0 Å². The highest BCUT2D eigenvalue weighted by molar-refractivity contribution is 5.76. The first-order valence-electron chi connectivity index (χ1n) is 4.77. The van der Waals surface area contributed by atoms with Crippen molar-refractivity contribution in [3.8, 4) is 0 Å². The molecule has 1 aromatic carbocycles. The number of nitrogens with zero attached hydrogens (tertiary/aromatic N) is 2. The van der Waals surface area contributed by atoms with Gasteiger partial charge in [-0.25, -0.2) is 0 Å². The van der Waals surface area contributed by atoms with Gasteiger partial charge < -0.3 is 9.80 Å². The van der Waals surface area contributed by atoms with Gasteiger partial charge in [0.05, 0.1) is 18.0 Å². The molecule has 0 saturated carbocycles. The van der Waals surface area contributed by atoms with Crippen LogP contribution in [0.5, 0.6) is 0 Å². The first-order chi connectivity index (χ1) is 6.20. The van der Waals surface area contributed by atoms with E-state index in [4.69, 9.17) is 0 Å². The highest BCUT2D eigenvalue weighted by Crippen LogP contribution is 2.35. The minimum Gasteiger partial charge on any atom is -0.355 e. The van der Waals surface area contributed by atoms with Crippen LogP contribution in [-0.4, -0.2) is 19.8 Å². The van der Waals surface area contributed by atoms with Gasteiger partial charge in [0.1, 0.15) is 0 Å². The van der Waals surface area contributed by atoms with Crippen molar-refractivity contribution in [3.63, 3.8) is 0 Å². The summed E-state index contributed by atoms with van der Waals surface area (Å²) in [6, 6.07) is 9.15. The predicted molar refractivity (Wildman–Crippen MR) is 57.3 cm³/mol. The third kappa shape index (κ3) is 1.26. The molecule has 13 heavy (non-hydrogen) atoms. The van der Waals surface area contributed by atoms with Gasteiger partial charge in [-0.2, -0.15) is 0 Å². The lowest BCUT2D eigenvalue weighted by atomic mass is 10.2. The van der Waals surface area contributed by atoms with Crippen molar-refractivity contribution in [3.05, 3.63) is 24.3 Å². The van der Waals surface area contributed by atoms with Gasteiger partial charge in [-0.1, -0.05) is 12.1 Å². The fraction of sp³-hybridized carbons (Fsp3) is 0.455. The Hall–Kier alpha value is -1.18. The van der Waals surface area contributed by atoms with Crippen molar-refractivity contribution >= 4 is 11.4 Å². The molecule has 2 heteroatoms. The second kappa shape index (κ2) is 2.95. The first kappa shape index (κ1) is 8.42. The molecule has 0 saturated heterocycles. The van der Waals surface area contributed by atoms with Crippen LogP contribution in [0.3, 0.4) is 0 Å². The molecule has 1 aliphatic heterocycles. The number of anilines is 2. The molecule has 1 heterocycles. The minimum atomic E-state index is 0.575. The SMILES string of the molecule is CC(C)N1CN(C)c2ccccc21. The normalized spacial score (nSPS) is 15.4. The summed E-state index contributed by atoms with van der Waals surface area (Å²) in [7, 11) is 2.14. The maximum atomic E-state index is 2.41. The monoisotopic (exact) mass is 176 g/mol. The molecule has 2 rings (SSSR count). The molecule has 0 atom stereocenters. The largest absolute Gasteiger partial charge is 0.355 e. The minimum absolute atomic E-state index is 0.575. The van der Waals surface area contributed by atoms with Crippen LogP contribution in [0.25, 0.3) is 0 Å². The number of hydrogen-bond donors (Lipinski definition) is 0. The zero-order valence-electron chi connectivity index (χ0n) is 8.49. The zero-order valence-corrected chi connectivity index (χ0v) is 8.49. The summed E-state index contributed by atoms with van der Waals surface area (Å²) in [4.78, 5) is 4.70. The lowest BCUT2D eigenvalue weighted by Gasteiger charge is -2.23. The average Bonchev–Trinajstić information content (AvgIpc) is 2.45. The summed E-state index contributed by atoms with van der Waals surface area (Å²) >= 11 is 0. The summed E-state index contributed by atoms with van der Waals surface area (Å²) in [6.07, 6.45) is 0. The van der Waals surface area contributed by atoms with Crippen LogP contribution in [-0.2, 0) is 0 Å². The van der Waals surface area contributed by atoms with Gasteiger partial charge in [0.15, 0.2) is 0 Å².